The lowest BCUT2D eigenvalue weighted by Crippen LogP contribution is -2.08. The summed E-state index contributed by atoms with van der Waals surface area (Å²) in [6, 6.07) is 6.47. The van der Waals surface area contributed by atoms with E-state index in [2.05, 4.69) is 74.6 Å². The molecule has 0 aliphatic carbocycles. The summed E-state index contributed by atoms with van der Waals surface area (Å²) in [5, 5.41) is 3.48. The molecular weight excluding hydrogens is 352 g/mol. The largest absolute Gasteiger partial charge is 0.363 e. The van der Waals surface area contributed by atoms with Crippen molar-refractivity contribution in [1.29, 1.82) is 0 Å². The lowest BCUT2D eigenvalue weighted by Gasteiger charge is -2.13. The Morgan fingerprint density at radius 2 is 1.96 bits per heavy atom. The van der Waals surface area contributed by atoms with E-state index in [0.717, 1.165) is 40.4 Å². The molecule has 0 radical (unpaired) electrons. The first-order valence-corrected chi connectivity index (χ1v) is 8.63. The lowest BCUT2D eigenvalue weighted by atomic mass is 10.00. The maximum atomic E-state index is 4.65. The highest BCUT2D eigenvalue weighted by atomic mass is 79.9. The molecule has 0 spiro atoms. The molecule has 0 saturated carbocycles. The molecular formula is C18H21BrN4. The fourth-order valence-electron chi connectivity index (χ4n) is 2.88. The van der Waals surface area contributed by atoms with Gasteiger partial charge in [0.2, 0.25) is 0 Å². The Balaban J connectivity index is 1.98. The third kappa shape index (κ3) is 2.98. The van der Waals surface area contributed by atoms with Gasteiger partial charge >= 0.3 is 0 Å². The van der Waals surface area contributed by atoms with Crippen molar-refractivity contribution in [3.05, 3.63) is 57.1 Å². The van der Waals surface area contributed by atoms with E-state index in [1.165, 1.54) is 16.7 Å². The van der Waals surface area contributed by atoms with Crippen LogP contribution in [0.5, 0.6) is 0 Å². The zero-order valence-corrected chi connectivity index (χ0v) is 15.5. The van der Waals surface area contributed by atoms with Crippen LogP contribution in [0.15, 0.2) is 29.0 Å². The van der Waals surface area contributed by atoms with Gasteiger partial charge in [0.1, 0.15) is 4.60 Å². The highest BCUT2D eigenvalue weighted by molar-refractivity contribution is 9.10. The van der Waals surface area contributed by atoms with Gasteiger partial charge in [-0.3, -0.25) is 4.40 Å². The van der Waals surface area contributed by atoms with Crippen LogP contribution in [0.2, 0.25) is 0 Å². The number of aryl methyl sites for hydroxylation is 4. The van der Waals surface area contributed by atoms with Crippen LogP contribution in [0.1, 0.15) is 35.0 Å². The van der Waals surface area contributed by atoms with Crippen molar-refractivity contribution in [3.8, 4) is 0 Å². The predicted octanol–water partition coefficient (Wildman–Crippen LogP) is 4.59. The number of hydrogen-bond donors (Lipinski definition) is 1. The Labute approximate surface area is 145 Å². The van der Waals surface area contributed by atoms with Gasteiger partial charge in [-0.15, -0.1) is 0 Å². The summed E-state index contributed by atoms with van der Waals surface area (Å²) in [6.45, 7) is 9.19. The molecule has 0 bridgehead atoms. The Hall–Kier alpha value is -1.88. The summed E-state index contributed by atoms with van der Waals surface area (Å²) < 4.78 is 2.88. The zero-order valence-electron chi connectivity index (χ0n) is 13.9. The van der Waals surface area contributed by atoms with Gasteiger partial charge in [-0.25, -0.2) is 9.97 Å². The maximum absolute atomic E-state index is 4.65. The SMILES string of the molecule is CCc1cccc(C)c1CNc1nc(Br)cn2c(C)c(C)nc12. The average molecular weight is 373 g/mol. The fourth-order valence-corrected chi connectivity index (χ4v) is 3.26. The van der Waals surface area contributed by atoms with Crippen LogP contribution in [-0.4, -0.2) is 14.4 Å². The summed E-state index contributed by atoms with van der Waals surface area (Å²) in [7, 11) is 0. The van der Waals surface area contributed by atoms with Crippen LogP contribution in [0.4, 0.5) is 5.82 Å². The number of anilines is 1. The normalized spacial score (nSPS) is 11.2. The second-order valence-electron chi connectivity index (χ2n) is 5.81. The summed E-state index contributed by atoms with van der Waals surface area (Å²) in [5.74, 6) is 0.806. The van der Waals surface area contributed by atoms with E-state index >= 15 is 0 Å². The van der Waals surface area contributed by atoms with Crippen LogP contribution >= 0.6 is 15.9 Å². The number of nitrogens with zero attached hydrogens (tertiary/aromatic N) is 3. The standard InChI is InChI=1S/C18H21BrN4/c1-5-14-8-6-7-11(2)15(14)9-20-17-18-21-12(3)13(4)23(18)10-16(19)22-17/h6-8,10H,5,9H2,1-4H3,(H,20,22). The minimum absolute atomic E-state index is 0.750. The third-order valence-corrected chi connectivity index (χ3v) is 4.76. The number of fused-ring (bicyclic) bond motifs is 1. The van der Waals surface area contributed by atoms with E-state index in [4.69, 9.17) is 0 Å². The molecule has 120 valence electrons. The Bertz CT molecular complexity index is 867. The van der Waals surface area contributed by atoms with E-state index in [0.29, 0.717) is 0 Å². The van der Waals surface area contributed by atoms with Crippen LogP contribution in [0.3, 0.4) is 0 Å². The molecule has 23 heavy (non-hydrogen) atoms. The van der Waals surface area contributed by atoms with Gasteiger partial charge in [-0.1, -0.05) is 25.1 Å². The Morgan fingerprint density at radius 3 is 2.70 bits per heavy atom. The van der Waals surface area contributed by atoms with Crippen molar-refractivity contribution in [1.82, 2.24) is 14.4 Å². The van der Waals surface area contributed by atoms with E-state index in [-0.39, 0.29) is 0 Å². The Kier molecular flexibility index (Phi) is 4.39. The van der Waals surface area contributed by atoms with E-state index in [1.807, 2.05) is 13.1 Å². The first kappa shape index (κ1) is 16.0. The third-order valence-electron chi connectivity index (χ3n) is 4.37. The number of hydrogen-bond acceptors (Lipinski definition) is 3. The molecule has 0 fully saturated rings. The number of nitrogens with one attached hydrogen (secondary N) is 1. The van der Waals surface area contributed by atoms with Crippen molar-refractivity contribution in [2.45, 2.75) is 40.7 Å². The molecule has 2 heterocycles. The number of rotatable bonds is 4. The average Bonchev–Trinajstić information content (AvgIpc) is 2.81. The molecule has 2 aromatic heterocycles. The zero-order chi connectivity index (χ0) is 16.6. The van der Waals surface area contributed by atoms with Crippen LogP contribution < -0.4 is 5.32 Å². The topological polar surface area (TPSA) is 42.2 Å². The molecule has 1 aromatic carbocycles. The van der Waals surface area contributed by atoms with Crippen molar-refractivity contribution >= 4 is 27.4 Å². The van der Waals surface area contributed by atoms with Crippen molar-refractivity contribution in [3.63, 3.8) is 0 Å². The molecule has 3 rings (SSSR count). The number of halogens is 1. The Morgan fingerprint density at radius 1 is 1.17 bits per heavy atom. The maximum Gasteiger partial charge on any atom is 0.180 e. The number of benzene rings is 1. The molecule has 0 amide bonds. The minimum Gasteiger partial charge on any atom is -0.363 e. The van der Waals surface area contributed by atoms with E-state index in [9.17, 15) is 0 Å². The van der Waals surface area contributed by atoms with Crippen molar-refractivity contribution in [2.24, 2.45) is 0 Å². The molecule has 0 saturated heterocycles. The highest BCUT2D eigenvalue weighted by Crippen LogP contribution is 2.23. The van der Waals surface area contributed by atoms with Gasteiger partial charge in [-0.05, 0) is 59.8 Å². The van der Waals surface area contributed by atoms with Gasteiger partial charge in [0, 0.05) is 18.4 Å². The molecule has 4 nitrogen and oxygen atoms in total. The second kappa shape index (κ2) is 6.32. The molecule has 0 aliphatic rings. The summed E-state index contributed by atoms with van der Waals surface area (Å²) in [5.41, 5.74) is 7.05. The van der Waals surface area contributed by atoms with Gasteiger partial charge in [0.05, 0.1) is 5.69 Å². The molecule has 1 N–H and O–H groups in total. The molecule has 3 aromatic rings. The predicted molar refractivity (Wildman–Crippen MR) is 98.0 cm³/mol. The second-order valence-corrected chi connectivity index (χ2v) is 6.62. The first-order valence-electron chi connectivity index (χ1n) is 7.84. The minimum atomic E-state index is 0.750. The molecule has 0 atom stereocenters. The lowest BCUT2D eigenvalue weighted by molar-refractivity contribution is 0.996. The summed E-state index contributed by atoms with van der Waals surface area (Å²) in [6.07, 6.45) is 2.99. The molecule has 0 aliphatic heterocycles. The quantitative estimate of drug-likeness (QED) is 0.727. The highest BCUT2D eigenvalue weighted by Gasteiger charge is 2.12. The number of aromatic nitrogens is 3. The summed E-state index contributed by atoms with van der Waals surface area (Å²) >= 11 is 3.50. The van der Waals surface area contributed by atoms with Crippen molar-refractivity contribution < 1.29 is 0 Å². The van der Waals surface area contributed by atoms with Gasteiger partial charge < -0.3 is 5.32 Å². The van der Waals surface area contributed by atoms with Crippen LogP contribution in [0, 0.1) is 20.8 Å². The van der Waals surface area contributed by atoms with Gasteiger partial charge in [-0.2, -0.15) is 0 Å². The number of imidazole rings is 1. The van der Waals surface area contributed by atoms with Crippen molar-refractivity contribution in [2.75, 3.05) is 5.32 Å². The van der Waals surface area contributed by atoms with Crippen LogP contribution in [0.25, 0.3) is 5.65 Å². The van der Waals surface area contributed by atoms with Gasteiger partial charge in [0.15, 0.2) is 11.5 Å². The molecule has 0 unspecified atom stereocenters. The van der Waals surface area contributed by atoms with Gasteiger partial charge in [0.25, 0.3) is 0 Å². The van der Waals surface area contributed by atoms with E-state index < -0.39 is 0 Å². The molecule has 5 heteroatoms. The fraction of sp³-hybridized carbons (Fsp3) is 0.333. The van der Waals surface area contributed by atoms with Crippen LogP contribution in [-0.2, 0) is 13.0 Å². The summed E-state index contributed by atoms with van der Waals surface area (Å²) in [4.78, 5) is 9.23. The smallest absolute Gasteiger partial charge is 0.180 e. The monoisotopic (exact) mass is 372 g/mol. The van der Waals surface area contributed by atoms with E-state index in [1.54, 1.807) is 0 Å². The first-order chi connectivity index (χ1) is 11.0.